The number of amides is 2. The number of halogens is 4. The van der Waals surface area contributed by atoms with E-state index in [1.165, 1.54) is 12.1 Å². The van der Waals surface area contributed by atoms with Gasteiger partial charge in [-0.2, -0.15) is 13.2 Å². The molecule has 33 heavy (non-hydrogen) atoms. The average molecular weight is 468 g/mol. The average Bonchev–Trinajstić information content (AvgIpc) is 3.28. The fraction of sp³-hybridized carbons (Fsp3) is 0.522. The number of hydrogen-bond donors (Lipinski definition) is 1. The van der Waals surface area contributed by atoms with Gasteiger partial charge in [0.05, 0.1) is 23.8 Å². The predicted octanol–water partition coefficient (Wildman–Crippen LogP) is 3.52. The van der Waals surface area contributed by atoms with E-state index in [-0.39, 0.29) is 25.1 Å². The zero-order chi connectivity index (χ0) is 24.2. The molecule has 2 atom stereocenters. The number of Topliss-reactive ketones (excluding diaryl/α,β-unsaturated/α-hetero) is 1. The molecule has 1 fully saturated rings. The summed E-state index contributed by atoms with van der Waals surface area (Å²) in [5, 5.41) is 1.74. The van der Waals surface area contributed by atoms with Crippen molar-refractivity contribution >= 4 is 17.6 Å². The first kappa shape index (κ1) is 23.4. The second-order valence-corrected chi connectivity index (χ2v) is 9.50. The van der Waals surface area contributed by atoms with Gasteiger partial charge in [-0.3, -0.25) is 14.4 Å². The standard InChI is InChI=1S/C23H24F4N2O4/c1-21(2)10-16-18(17(30)11-21)22(23(25,26)27,20(32)29(16)12-13-6-5-9-33-13)28-19(31)14-7-3-4-8-15(14)24/h3-4,7-8,13H,5-6,9-12H2,1-2H3,(H,28,31)/t13-,22-/m1/s1. The van der Waals surface area contributed by atoms with Crippen LogP contribution in [0.15, 0.2) is 35.5 Å². The Hall–Kier alpha value is -2.75. The van der Waals surface area contributed by atoms with Crippen molar-refractivity contribution in [3.05, 3.63) is 46.9 Å². The molecule has 0 unspecified atom stereocenters. The van der Waals surface area contributed by atoms with Crippen molar-refractivity contribution in [3.63, 3.8) is 0 Å². The SMILES string of the molecule is CC1(C)CC(=O)C2=C(C1)N(C[C@H]1CCCO1)C(=O)[C@@]2(NC(=O)c1ccccc1F)C(F)(F)F. The van der Waals surface area contributed by atoms with Crippen molar-refractivity contribution in [3.8, 4) is 0 Å². The van der Waals surface area contributed by atoms with Gasteiger partial charge in [0.25, 0.3) is 11.8 Å². The van der Waals surface area contributed by atoms with Crippen molar-refractivity contribution in [2.45, 2.75) is 57.3 Å². The number of ether oxygens (including phenoxy) is 1. The molecule has 0 spiro atoms. The van der Waals surface area contributed by atoms with Gasteiger partial charge in [0.15, 0.2) is 5.78 Å². The minimum atomic E-state index is -5.34. The number of carbonyl (C=O) groups excluding carboxylic acids is 3. The minimum Gasteiger partial charge on any atom is -0.376 e. The van der Waals surface area contributed by atoms with Crippen molar-refractivity contribution in [2.24, 2.45) is 5.41 Å². The first-order chi connectivity index (χ1) is 15.4. The molecule has 4 rings (SSSR count). The molecular weight excluding hydrogens is 444 g/mol. The third-order valence-corrected chi connectivity index (χ3v) is 6.37. The van der Waals surface area contributed by atoms with E-state index in [9.17, 15) is 31.9 Å². The van der Waals surface area contributed by atoms with Crippen LogP contribution in [-0.4, -0.2) is 53.5 Å². The summed E-state index contributed by atoms with van der Waals surface area (Å²) >= 11 is 0. The molecule has 2 heterocycles. The monoisotopic (exact) mass is 468 g/mol. The van der Waals surface area contributed by atoms with E-state index < -0.39 is 57.8 Å². The number of rotatable bonds is 4. The van der Waals surface area contributed by atoms with Crippen LogP contribution in [0.5, 0.6) is 0 Å². The lowest BCUT2D eigenvalue weighted by Crippen LogP contribution is -2.66. The Balaban J connectivity index is 1.85. The summed E-state index contributed by atoms with van der Waals surface area (Å²) in [6.07, 6.45) is -4.73. The third-order valence-electron chi connectivity index (χ3n) is 6.37. The molecule has 1 saturated heterocycles. The lowest BCUT2D eigenvalue weighted by molar-refractivity contribution is -0.191. The van der Waals surface area contributed by atoms with Crippen LogP contribution < -0.4 is 5.32 Å². The third kappa shape index (κ3) is 3.84. The summed E-state index contributed by atoms with van der Waals surface area (Å²) in [5.74, 6) is -4.80. The topological polar surface area (TPSA) is 75.7 Å². The highest BCUT2D eigenvalue weighted by molar-refractivity contribution is 6.14. The van der Waals surface area contributed by atoms with Gasteiger partial charge in [-0.1, -0.05) is 26.0 Å². The van der Waals surface area contributed by atoms with Crippen LogP contribution in [0.4, 0.5) is 17.6 Å². The summed E-state index contributed by atoms with van der Waals surface area (Å²) < 4.78 is 63.8. The molecule has 178 valence electrons. The normalized spacial score (nSPS) is 27.2. The number of ketones is 1. The molecular formula is C23H24F4N2O4. The van der Waals surface area contributed by atoms with Gasteiger partial charge in [-0.05, 0) is 36.8 Å². The van der Waals surface area contributed by atoms with Crippen LogP contribution in [0.1, 0.15) is 49.9 Å². The highest BCUT2D eigenvalue weighted by Crippen LogP contribution is 2.52. The van der Waals surface area contributed by atoms with Crippen LogP contribution in [-0.2, 0) is 14.3 Å². The summed E-state index contributed by atoms with van der Waals surface area (Å²) in [6.45, 7) is 3.73. The van der Waals surface area contributed by atoms with Crippen molar-refractivity contribution in [2.75, 3.05) is 13.2 Å². The van der Waals surface area contributed by atoms with E-state index >= 15 is 0 Å². The Morgan fingerprint density at radius 1 is 1.21 bits per heavy atom. The molecule has 2 amide bonds. The second-order valence-electron chi connectivity index (χ2n) is 9.50. The largest absolute Gasteiger partial charge is 0.425 e. The lowest BCUT2D eigenvalue weighted by Gasteiger charge is -2.35. The highest BCUT2D eigenvalue weighted by Gasteiger charge is 2.71. The molecule has 0 bridgehead atoms. The second kappa shape index (κ2) is 7.93. The van der Waals surface area contributed by atoms with E-state index in [2.05, 4.69) is 0 Å². The molecule has 1 aromatic rings. The zero-order valence-corrected chi connectivity index (χ0v) is 18.2. The van der Waals surface area contributed by atoms with Crippen LogP contribution >= 0.6 is 0 Å². The Kier molecular flexibility index (Phi) is 5.63. The number of benzene rings is 1. The maximum atomic E-state index is 14.7. The van der Waals surface area contributed by atoms with Crippen LogP contribution in [0, 0.1) is 11.2 Å². The number of allylic oxidation sites excluding steroid dienone is 1. The van der Waals surface area contributed by atoms with E-state index in [4.69, 9.17) is 4.74 Å². The summed E-state index contributed by atoms with van der Waals surface area (Å²) in [5.41, 5.74) is -5.75. The molecule has 1 aliphatic carbocycles. The molecule has 0 radical (unpaired) electrons. The lowest BCUT2D eigenvalue weighted by atomic mass is 9.72. The fourth-order valence-electron chi connectivity index (χ4n) is 4.89. The van der Waals surface area contributed by atoms with Gasteiger partial charge in [-0.25, -0.2) is 4.39 Å². The molecule has 3 aliphatic rings. The van der Waals surface area contributed by atoms with E-state index in [1.807, 2.05) is 0 Å². The van der Waals surface area contributed by atoms with Crippen molar-refractivity contribution in [1.29, 1.82) is 0 Å². The number of carbonyl (C=O) groups is 3. The van der Waals surface area contributed by atoms with Gasteiger partial charge >= 0.3 is 6.18 Å². The molecule has 0 saturated carbocycles. The summed E-state index contributed by atoms with van der Waals surface area (Å²) in [4.78, 5) is 40.3. The van der Waals surface area contributed by atoms with E-state index in [0.29, 0.717) is 19.4 Å². The van der Waals surface area contributed by atoms with Crippen LogP contribution in [0.3, 0.4) is 0 Å². The Labute approximate surface area is 187 Å². The highest BCUT2D eigenvalue weighted by atomic mass is 19.4. The van der Waals surface area contributed by atoms with Crippen LogP contribution in [0.25, 0.3) is 0 Å². The number of alkyl halides is 3. The maximum Gasteiger partial charge on any atom is 0.425 e. The van der Waals surface area contributed by atoms with E-state index in [0.717, 1.165) is 17.0 Å². The summed E-state index contributed by atoms with van der Waals surface area (Å²) in [7, 11) is 0. The number of nitrogens with one attached hydrogen (secondary N) is 1. The molecule has 1 N–H and O–H groups in total. The van der Waals surface area contributed by atoms with Gasteiger partial charge in [0.2, 0.25) is 5.54 Å². The Morgan fingerprint density at radius 3 is 2.52 bits per heavy atom. The first-order valence-corrected chi connectivity index (χ1v) is 10.7. The van der Waals surface area contributed by atoms with Gasteiger partial charge in [-0.15, -0.1) is 0 Å². The minimum absolute atomic E-state index is 0.0416. The van der Waals surface area contributed by atoms with Crippen molar-refractivity contribution in [1.82, 2.24) is 10.2 Å². The molecule has 2 aliphatic heterocycles. The summed E-state index contributed by atoms with van der Waals surface area (Å²) in [6, 6.07) is 4.51. The van der Waals surface area contributed by atoms with Gasteiger partial charge < -0.3 is 15.0 Å². The maximum absolute atomic E-state index is 14.7. The fourth-order valence-corrected chi connectivity index (χ4v) is 4.89. The van der Waals surface area contributed by atoms with Gasteiger partial charge in [0.1, 0.15) is 5.82 Å². The number of hydrogen-bond acceptors (Lipinski definition) is 4. The first-order valence-electron chi connectivity index (χ1n) is 10.7. The van der Waals surface area contributed by atoms with Gasteiger partial charge in [0, 0.05) is 18.7 Å². The molecule has 10 heteroatoms. The van der Waals surface area contributed by atoms with Crippen LogP contribution in [0.2, 0.25) is 0 Å². The quantitative estimate of drug-likeness (QED) is 0.687. The zero-order valence-electron chi connectivity index (χ0n) is 18.2. The molecule has 0 aromatic heterocycles. The Morgan fingerprint density at radius 2 is 1.91 bits per heavy atom. The smallest absolute Gasteiger partial charge is 0.376 e. The molecule has 6 nitrogen and oxygen atoms in total. The van der Waals surface area contributed by atoms with Crippen molar-refractivity contribution < 1.29 is 36.7 Å². The number of nitrogens with zero attached hydrogens (tertiary/aromatic N) is 1. The predicted molar refractivity (Wildman–Crippen MR) is 108 cm³/mol. The Bertz CT molecular complexity index is 1040. The van der Waals surface area contributed by atoms with E-state index in [1.54, 1.807) is 19.2 Å². The molecule has 1 aromatic carbocycles.